The molecule has 0 radical (unpaired) electrons. The Kier molecular flexibility index (Phi) is 6.17. The maximum atomic E-state index is 13.8. The Labute approximate surface area is 204 Å². The quantitative estimate of drug-likeness (QED) is 0.616. The topological polar surface area (TPSA) is 91.0 Å². The Morgan fingerprint density at radius 2 is 1.89 bits per heavy atom. The predicted molar refractivity (Wildman–Crippen MR) is 130 cm³/mol. The molecule has 0 aliphatic carbocycles. The third-order valence-electron chi connectivity index (χ3n) is 6.37. The Balaban J connectivity index is 1.68. The molecule has 3 heterocycles. The average molecular weight is 482 g/mol. The lowest BCUT2D eigenvalue weighted by atomic mass is 9.96. The molecule has 0 atom stereocenters. The van der Waals surface area contributed by atoms with E-state index in [2.05, 4.69) is 10.1 Å². The van der Waals surface area contributed by atoms with Crippen molar-refractivity contribution in [1.29, 1.82) is 0 Å². The van der Waals surface area contributed by atoms with E-state index in [4.69, 9.17) is 0 Å². The van der Waals surface area contributed by atoms with Crippen LogP contribution in [0.1, 0.15) is 63.5 Å². The second-order valence-corrected chi connectivity index (χ2v) is 10.6. The summed E-state index contributed by atoms with van der Waals surface area (Å²) in [6, 6.07) is 8.13. The molecule has 0 bridgehead atoms. The third kappa shape index (κ3) is 4.77. The number of carbonyl (C=O) groups is 2. The number of nitrogens with zero attached hydrogens (tertiary/aromatic N) is 5. The van der Waals surface area contributed by atoms with Crippen LogP contribution in [0.25, 0.3) is 16.9 Å². The second-order valence-electron chi connectivity index (χ2n) is 10.6. The van der Waals surface area contributed by atoms with E-state index in [9.17, 15) is 19.1 Å². The van der Waals surface area contributed by atoms with Crippen molar-refractivity contribution in [2.75, 3.05) is 19.6 Å². The fourth-order valence-corrected chi connectivity index (χ4v) is 4.55. The zero-order chi connectivity index (χ0) is 25.7. The number of fused-ring (bicyclic) bond motifs is 1. The largest absolute Gasteiger partial charge is 0.381 e. The fraction of sp³-hybridized carbons (Fsp3) is 0.462. The van der Waals surface area contributed by atoms with E-state index in [1.165, 1.54) is 26.0 Å². The van der Waals surface area contributed by atoms with Crippen LogP contribution in [0.2, 0.25) is 0 Å². The molecule has 1 fully saturated rings. The first kappa shape index (κ1) is 24.8. The van der Waals surface area contributed by atoms with Crippen LogP contribution < -0.4 is 0 Å². The second kappa shape index (κ2) is 8.71. The van der Waals surface area contributed by atoms with Crippen LogP contribution >= 0.6 is 0 Å². The van der Waals surface area contributed by atoms with Crippen molar-refractivity contribution in [2.45, 2.75) is 58.6 Å². The van der Waals surface area contributed by atoms with Gasteiger partial charge in [-0.2, -0.15) is 5.10 Å². The van der Waals surface area contributed by atoms with Crippen LogP contribution in [0.5, 0.6) is 0 Å². The zero-order valence-electron chi connectivity index (χ0n) is 21.0. The minimum atomic E-state index is -1.47. The summed E-state index contributed by atoms with van der Waals surface area (Å²) in [5.41, 5.74) is 0.844. The van der Waals surface area contributed by atoms with Gasteiger partial charge in [-0.3, -0.25) is 9.59 Å². The molecule has 2 amide bonds. The van der Waals surface area contributed by atoms with Gasteiger partial charge in [0.2, 0.25) is 0 Å². The summed E-state index contributed by atoms with van der Waals surface area (Å²) < 4.78 is 15.4. The molecule has 1 aromatic carbocycles. The number of amides is 2. The molecule has 0 unspecified atom stereocenters. The van der Waals surface area contributed by atoms with Gasteiger partial charge in [0, 0.05) is 30.8 Å². The van der Waals surface area contributed by atoms with Gasteiger partial charge in [0.25, 0.3) is 11.8 Å². The summed E-state index contributed by atoms with van der Waals surface area (Å²) in [4.78, 5) is 34.1. The number of hydrogen-bond acceptors (Lipinski definition) is 5. The Hall–Kier alpha value is -3.33. The fourth-order valence-electron chi connectivity index (χ4n) is 4.55. The van der Waals surface area contributed by atoms with E-state index in [0.29, 0.717) is 36.5 Å². The standard InChI is InChI=1S/C26H32FN5O3/c1-16(2)19-13-20(17-8-7-9-18(27)12-17)29-32-14-21(28-22(19)32)23(33)31-11-10-30(15-25(31,3)4)24(34)26(5,6)35/h7-9,12-14,16,35H,10-11,15H2,1-6H3. The maximum Gasteiger partial charge on any atom is 0.274 e. The molecule has 0 saturated carbocycles. The third-order valence-corrected chi connectivity index (χ3v) is 6.37. The molecule has 1 aliphatic heterocycles. The van der Waals surface area contributed by atoms with Crippen molar-refractivity contribution in [3.63, 3.8) is 0 Å². The van der Waals surface area contributed by atoms with E-state index in [1.807, 2.05) is 33.8 Å². The molecule has 1 saturated heterocycles. The van der Waals surface area contributed by atoms with Gasteiger partial charge in [-0.15, -0.1) is 0 Å². The number of rotatable bonds is 4. The van der Waals surface area contributed by atoms with E-state index in [-0.39, 0.29) is 29.2 Å². The van der Waals surface area contributed by atoms with Crippen molar-refractivity contribution in [3.8, 4) is 11.3 Å². The minimum Gasteiger partial charge on any atom is -0.381 e. The van der Waals surface area contributed by atoms with Gasteiger partial charge in [-0.1, -0.05) is 26.0 Å². The van der Waals surface area contributed by atoms with Crippen molar-refractivity contribution in [3.05, 3.63) is 53.6 Å². The van der Waals surface area contributed by atoms with Crippen molar-refractivity contribution >= 4 is 17.5 Å². The molecule has 186 valence electrons. The SMILES string of the molecule is CC(C)c1cc(-c2cccc(F)c2)nn2cc(C(=O)N3CCN(C(=O)C(C)(C)O)CC3(C)C)nc12. The summed E-state index contributed by atoms with van der Waals surface area (Å²) >= 11 is 0. The first-order chi connectivity index (χ1) is 16.3. The lowest BCUT2D eigenvalue weighted by molar-refractivity contribution is -0.152. The number of imidazole rings is 1. The number of aliphatic hydroxyl groups is 1. The zero-order valence-corrected chi connectivity index (χ0v) is 21.0. The average Bonchev–Trinajstić information content (AvgIpc) is 3.20. The van der Waals surface area contributed by atoms with Gasteiger partial charge < -0.3 is 14.9 Å². The molecule has 9 heteroatoms. The summed E-state index contributed by atoms with van der Waals surface area (Å²) in [6.07, 6.45) is 1.61. The minimum absolute atomic E-state index is 0.103. The molecule has 1 N–H and O–H groups in total. The number of aromatic nitrogens is 3. The van der Waals surface area contributed by atoms with Crippen LogP contribution in [0, 0.1) is 5.82 Å². The van der Waals surface area contributed by atoms with Crippen molar-refractivity contribution < 1.29 is 19.1 Å². The van der Waals surface area contributed by atoms with Crippen molar-refractivity contribution in [2.24, 2.45) is 0 Å². The highest BCUT2D eigenvalue weighted by molar-refractivity contribution is 5.94. The van der Waals surface area contributed by atoms with Crippen molar-refractivity contribution in [1.82, 2.24) is 24.4 Å². The molecule has 4 rings (SSSR count). The first-order valence-corrected chi connectivity index (χ1v) is 11.8. The molecule has 8 nitrogen and oxygen atoms in total. The number of hydrogen-bond donors (Lipinski definition) is 1. The lowest BCUT2D eigenvalue weighted by Gasteiger charge is -2.47. The molecule has 35 heavy (non-hydrogen) atoms. The van der Waals surface area contributed by atoms with Gasteiger partial charge in [0.15, 0.2) is 5.65 Å². The van der Waals surface area contributed by atoms with E-state index < -0.39 is 11.1 Å². The molecular formula is C26H32FN5O3. The molecule has 0 spiro atoms. The summed E-state index contributed by atoms with van der Waals surface area (Å²) in [5.74, 6) is -0.855. The number of piperazine rings is 1. The van der Waals surface area contributed by atoms with Gasteiger partial charge in [0.1, 0.15) is 17.1 Å². The first-order valence-electron chi connectivity index (χ1n) is 11.8. The molecule has 3 aromatic rings. The Morgan fingerprint density at radius 1 is 1.17 bits per heavy atom. The van der Waals surface area contributed by atoms with Gasteiger partial charge in [-0.05, 0) is 51.8 Å². The van der Waals surface area contributed by atoms with E-state index in [1.54, 1.807) is 32.6 Å². The highest BCUT2D eigenvalue weighted by Crippen LogP contribution is 2.28. The molecule has 1 aliphatic rings. The predicted octanol–water partition coefficient (Wildman–Crippen LogP) is 3.49. The van der Waals surface area contributed by atoms with Gasteiger partial charge >= 0.3 is 0 Å². The Bertz CT molecular complexity index is 1290. The summed E-state index contributed by atoms with van der Waals surface area (Å²) in [7, 11) is 0. The highest BCUT2D eigenvalue weighted by atomic mass is 19.1. The molecule has 2 aromatic heterocycles. The van der Waals surface area contributed by atoms with Crippen LogP contribution in [0.4, 0.5) is 4.39 Å². The van der Waals surface area contributed by atoms with Gasteiger partial charge in [-0.25, -0.2) is 13.9 Å². The van der Waals surface area contributed by atoms with Gasteiger partial charge in [0.05, 0.1) is 17.4 Å². The number of benzene rings is 1. The molecular weight excluding hydrogens is 449 g/mol. The van der Waals surface area contributed by atoms with E-state index >= 15 is 0 Å². The van der Waals surface area contributed by atoms with Crippen LogP contribution in [-0.2, 0) is 4.79 Å². The van der Waals surface area contributed by atoms with E-state index in [0.717, 1.165) is 5.56 Å². The van der Waals surface area contributed by atoms with Crippen LogP contribution in [0.15, 0.2) is 36.5 Å². The summed E-state index contributed by atoms with van der Waals surface area (Å²) in [6.45, 7) is 11.7. The smallest absolute Gasteiger partial charge is 0.274 e. The number of halogens is 1. The maximum absolute atomic E-state index is 13.8. The Morgan fingerprint density at radius 3 is 2.49 bits per heavy atom. The highest BCUT2D eigenvalue weighted by Gasteiger charge is 2.42. The normalized spacial score (nSPS) is 16.3. The monoisotopic (exact) mass is 481 g/mol. The van der Waals surface area contributed by atoms with Crippen LogP contribution in [-0.4, -0.2) is 72.1 Å². The summed E-state index contributed by atoms with van der Waals surface area (Å²) in [5, 5.41) is 14.7. The lowest BCUT2D eigenvalue weighted by Crippen LogP contribution is -2.64. The number of carbonyl (C=O) groups excluding carboxylic acids is 2. The van der Waals surface area contributed by atoms with Crippen LogP contribution in [0.3, 0.4) is 0 Å².